The van der Waals surface area contributed by atoms with Crippen LogP contribution in [0.5, 0.6) is 0 Å². The van der Waals surface area contributed by atoms with Crippen LogP contribution in [0.4, 0.5) is 0 Å². The number of nitrogens with one attached hydrogen (secondary N) is 1. The molecule has 0 rings (SSSR count). The molecule has 14 heavy (non-hydrogen) atoms. The summed E-state index contributed by atoms with van der Waals surface area (Å²) in [7, 11) is 0. The average molecular weight is 195 g/mol. The number of rotatable bonds is 4. The van der Waals surface area contributed by atoms with Crippen LogP contribution < -0.4 is 5.32 Å². The molecule has 1 amide bonds. The van der Waals surface area contributed by atoms with Crippen molar-refractivity contribution in [1.82, 2.24) is 5.32 Å². The quantitative estimate of drug-likeness (QED) is 0.541. The Kier molecular flexibility index (Phi) is 12.7. The molecule has 0 saturated heterocycles. The van der Waals surface area contributed by atoms with Crippen molar-refractivity contribution in [3.63, 3.8) is 0 Å². The van der Waals surface area contributed by atoms with E-state index in [0.717, 1.165) is 11.3 Å². The van der Waals surface area contributed by atoms with E-state index in [1.807, 2.05) is 26.0 Å². The molecule has 0 bridgehead atoms. The van der Waals surface area contributed by atoms with E-state index in [2.05, 4.69) is 25.7 Å². The molecule has 0 heterocycles. The van der Waals surface area contributed by atoms with Gasteiger partial charge in [-0.3, -0.25) is 4.79 Å². The van der Waals surface area contributed by atoms with Crippen molar-refractivity contribution >= 4 is 6.41 Å². The maximum atomic E-state index is 10.0. The van der Waals surface area contributed by atoms with Crippen LogP contribution in [0.2, 0.25) is 0 Å². The SMILES string of the molecule is C=C/C(=C\C(C)=C/C)NC=O.CCC. The van der Waals surface area contributed by atoms with Gasteiger partial charge in [0.05, 0.1) is 0 Å². The minimum Gasteiger partial charge on any atom is -0.329 e. The molecule has 2 heteroatoms. The van der Waals surface area contributed by atoms with Crippen molar-refractivity contribution in [2.24, 2.45) is 0 Å². The van der Waals surface area contributed by atoms with E-state index < -0.39 is 0 Å². The molecule has 0 spiro atoms. The van der Waals surface area contributed by atoms with Gasteiger partial charge in [-0.05, 0) is 26.0 Å². The normalized spacial score (nSPS) is 11.1. The molecule has 0 unspecified atom stereocenters. The Labute approximate surface area is 87.4 Å². The van der Waals surface area contributed by atoms with Gasteiger partial charge in [0.15, 0.2) is 0 Å². The van der Waals surface area contributed by atoms with E-state index in [0.29, 0.717) is 6.41 Å². The highest BCUT2D eigenvalue weighted by atomic mass is 16.1. The Balaban J connectivity index is 0. The van der Waals surface area contributed by atoms with Crippen molar-refractivity contribution in [3.8, 4) is 0 Å². The number of carbonyl (C=O) groups excluding carboxylic acids is 1. The molecule has 0 aromatic carbocycles. The first-order chi connectivity index (χ1) is 6.65. The second-order valence-corrected chi connectivity index (χ2v) is 2.81. The van der Waals surface area contributed by atoms with Gasteiger partial charge in [0.25, 0.3) is 0 Å². The Morgan fingerprint density at radius 1 is 1.43 bits per heavy atom. The van der Waals surface area contributed by atoms with E-state index in [-0.39, 0.29) is 0 Å². The molecule has 2 nitrogen and oxygen atoms in total. The van der Waals surface area contributed by atoms with Crippen LogP contribution in [0.25, 0.3) is 0 Å². The van der Waals surface area contributed by atoms with Crippen LogP contribution in [-0.2, 0) is 4.79 Å². The van der Waals surface area contributed by atoms with E-state index >= 15 is 0 Å². The van der Waals surface area contributed by atoms with Gasteiger partial charge in [0, 0.05) is 5.70 Å². The van der Waals surface area contributed by atoms with Gasteiger partial charge in [-0.1, -0.05) is 38.5 Å². The Hall–Kier alpha value is -1.31. The van der Waals surface area contributed by atoms with Gasteiger partial charge in [0.2, 0.25) is 6.41 Å². The standard InChI is InChI=1S/C9H13NO.C3H8/c1-4-8(3)6-9(5-2)10-7-11;1-3-2/h4-7H,2H2,1,3H3,(H,10,11);3H2,1-2H3/b8-4-,9-6+;. The van der Waals surface area contributed by atoms with E-state index in [4.69, 9.17) is 0 Å². The Morgan fingerprint density at radius 3 is 2.21 bits per heavy atom. The average Bonchev–Trinajstić information content (AvgIpc) is 2.18. The summed E-state index contributed by atoms with van der Waals surface area (Å²) >= 11 is 0. The Morgan fingerprint density at radius 2 is 1.93 bits per heavy atom. The highest BCUT2D eigenvalue weighted by Crippen LogP contribution is 1.98. The molecule has 0 aromatic heterocycles. The van der Waals surface area contributed by atoms with Crippen LogP contribution in [0.3, 0.4) is 0 Å². The number of allylic oxidation sites excluding steroid dienone is 4. The third-order valence-corrected chi connectivity index (χ3v) is 1.28. The summed E-state index contributed by atoms with van der Waals surface area (Å²) in [5, 5.41) is 2.52. The van der Waals surface area contributed by atoms with Gasteiger partial charge in [-0.15, -0.1) is 0 Å². The number of hydrogen-bond acceptors (Lipinski definition) is 1. The smallest absolute Gasteiger partial charge is 0.211 e. The predicted octanol–water partition coefficient (Wildman–Crippen LogP) is 3.18. The van der Waals surface area contributed by atoms with Crippen LogP contribution in [0, 0.1) is 0 Å². The molecule has 1 N–H and O–H groups in total. The first kappa shape index (κ1) is 15.2. The lowest BCUT2D eigenvalue weighted by Gasteiger charge is -1.97. The fraction of sp³-hybridized carbons (Fsp3) is 0.417. The molecule has 0 aliphatic heterocycles. The monoisotopic (exact) mass is 195 g/mol. The second kappa shape index (κ2) is 11.7. The van der Waals surface area contributed by atoms with Crippen molar-refractivity contribution < 1.29 is 4.79 Å². The van der Waals surface area contributed by atoms with E-state index in [1.165, 1.54) is 6.42 Å². The highest BCUT2D eigenvalue weighted by Gasteiger charge is 1.87. The lowest BCUT2D eigenvalue weighted by molar-refractivity contribution is -0.108. The third kappa shape index (κ3) is 10.7. The van der Waals surface area contributed by atoms with Crippen LogP contribution in [-0.4, -0.2) is 6.41 Å². The molecule has 0 atom stereocenters. The van der Waals surface area contributed by atoms with Crippen LogP contribution in [0.15, 0.2) is 36.1 Å². The molecule has 0 fully saturated rings. The van der Waals surface area contributed by atoms with Gasteiger partial charge in [-0.25, -0.2) is 0 Å². The first-order valence-corrected chi connectivity index (χ1v) is 4.83. The molecule has 80 valence electrons. The van der Waals surface area contributed by atoms with E-state index in [1.54, 1.807) is 6.08 Å². The maximum absolute atomic E-state index is 10.0. The summed E-state index contributed by atoms with van der Waals surface area (Å²) in [6.45, 7) is 11.7. The zero-order chi connectivity index (χ0) is 11.4. The van der Waals surface area contributed by atoms with Gasteiger partial charge in [-0.2, -0.15) is 0 Å². The molecular formula is C12H21NO. The summed E-state index contributed by atoms with van der Waals surface area (Å²) in [4.78, 5) is 10.0. The minimum atomic E-state index is 0.635. The summed E-state index contributed by atoms with van der Waals surface area (Å²) < 4.78 is 0. The lowest BCUT2D eigenvalue weighted by Crippen LogP contribution is -2.07. The summed E-state index contributed by atoms with van der Waals surface area (Å²) in [6.07, 6.45) is 7.29. The molecule has 0 aromatic rings. The predicted molar refractivity (Wildman–Crippen MR) is 62.9 cm³/mol. The third-order valence-electron chi connectivity index (χ3n) is 1.28. The molecule has 0 saturated carbocycles. The first-order valence-electron chi connectivity index (χ1n) is 4.83. The van der Waals surface area contributed by atoms with Gasteiger partial charge in [0.1, 0.15) is 0 Å². The summed E-state index contributed by atoms with van der Waals surface area (Å²) in [5.74, 6) is 0. The molecule has 0 aliphatic rings. The minimum absolute atomic E-state index is 0.635. The van der Waals surface area contributed by atoms with Crippen molar-refractivity contribution in [2.75, 3.05) is 0 Å². The van der Waals surface area contributed by atoms with Crippen LogP contribution >= 0.6 is 0 Å². The van der Waals surface area contributed by atoms with Crippen molar-refractivity contribution in [2.45, 2.75) is 34.1 Å². The number of carbonyl (C=O) groups is 1. The fourth-order valence-corrected chi connectivity index (χ4v) is 0.556. The maximum Gasteiger partial charge on any atom is 0.211 e. The fourth-order valence-electron chi connectivity index (χ4n) is 0.556. The number of hydrogen-bond donors (Lipinski definition) is 1. The van der Waals surface area contributed by atoms with Gasteiger partial charge < -0.3 is 5.32 Å². The summed E-state index contributed by atoms with van der Waals surface area (Å²) in [5.41, 5.74) is 1.81. The topological polar surface area (TPSA) is 29.1 Å². The zero-order valence-electron chi connectivity index (χ0n) is 9.63. The molecule has 0 aliphatic carbocycles. The summed E-state index contributed by atoms with van der Waals surface area (Å²) in [6, 6.07) is 0. The van der Waals surface area contributed by atoms with Crippen LogP contribution in [0.1, 0.15) is 34.1 Å². The Bertz CT molecular complexity index is 214. The van der Waals surface area contributed by atoms with E-state index in [9.17, 15) is 4.79 Å². The lowest BCUT2D eigenvalue weighted by atomic mass is 10.2. The molecule has 0 radical (unpaired) electrons. The largest absolute Gasteiger partial charge is 0.329 e. The van der Waals surface area contributed by atoms with Crippen molar-refractivity contribution in [3.05, 3.63) is 36.1 Å². The zero-order valence-corrected chi connectivity index (χ0v) is 9.63. The second-order valence-electron chi connectivity index (χ2n) is 2.81. The van der Waals surface area contributed by atoms with Crippen molar-refractivity contribution in [1.29, 1.82) is 0 Å². The molecular weight excluding hydrogens is 174 g/mol. The highest BCUT2D eigenvalue weighted by molar-refractivity contribution is 5.52. The number of amides is 1. The van der Waals surface area contributed by atoms with Gasteiger partial charge >= 0.3 is 0 Å².